The summed E-state index contributed by atoms with van der Waals surface area (Å²) in [5, 5.41) is 0. The van der Waals surface area contributed by atoms with Crippen molar-refractivity contribution >= 4 is 5.97 Å². The summed E-state index contributed by atoms with van der Waals surface area (Å²) >= 11 is 0. The Morgan fingerprint density at radius 2 is 1.21 bits per heavy atom. The van der Waals surface area contributed by atoms with E-state index in [0.29, 0.717) is 17.5 Å². The Hall–Kier alpha value is -3.93. The van der Waals surface area contributed by atoms with Gasteiger partial charge in [0.2, 0.25) is 5.82 Å². The number of ether oxygens (including phenoxy) is 1. The van der Waals surface area contributed by atoms with Crippen LogP contribution in [0.25, 0.3) is 22.3 Å². The fourth-order valence-corrected chi connectivity index (χ4v) is 4.49. The Labute approximate surface area is 226 Å². The number of unbranched alkanes of at least 4 members (excludes halogenated alkanes) is 2. The number of halogens is 4. The second kappa shape index (κ2) is 12.7. The third kappa shape index (κ3) is 6.39. The average molecular weight is 535 g/mol. The number of esters is 1. The summed E-state index contributed by atoms with van der Waals surface area (Å²) in [4.78, 5) is 12.6. The Bertz CT molecular complexity index is 1440. The SMILES string of the molecule is CCCCCc1ccc(OC(=O)c2ccc(-c3ccc(-c4ccc(CCC)cc4)c(F)c3F)cc2)c(F)c1F. The molecule has 4 rings (SSSR count). The maximum Gasteiger partial charge on any atom is 0.343 e. The largest absolute Gasteiger partial charge is 0.420 e. The van der Waals surface area contributed by atoms with Crippen LogP contribution in [0.4, 0.5) is 17.6 Å². The van der Waals surface area contributed by atoms with Gasteiger partial charge in [0.25, 0.3) is 0 Å². The summed E-state index contributed by atoms with van der Waals surface area (Å²) in [7, 11) is 0. The molecule has 0 spiro atoms. The standard InChI is InChI=1S/C33H30F4O2/c1-3-5-6-8-24-17-20-28(32(37)29(24)34)39-33(38)25-15-13-23(14-16-25)27-19-18-26(30(35)31(27)36)22-11-9-21(7-4-2)10-12-22/h9-20H,3-8H2,1-2H3. The maximum atomic E-state index is 15.0. The molecule has 0 aliphatic heterocycles. The van der Waals surface area contributed by atoms with Crippen LogP contribution in [-0.2, 0) is 12.8 Å². The zero-order valence-electron chi connectivity index (χ0n) is 22.0. The molecule has 4 aromatic rings. The minimum atomic E-state index is -1.22. The van der Waals surface area contributed by atoms with Crippen LogP contribution in [-0.4, -0.2) is 5.97 Å². The molecule has 0 unspecified atom stereocenters. The smallest absolute Gasteiger partial charge is 0.343 e. The first kappa shape index (κ1) is 28.1. The van der Waals surface area contributed by atoms with E-state index in [1.54, 1.807) is 12.1 Å². The van der Waals surface area contributed by atoms with Crippen molar-refractivity contribution < 1.29 is 27.1 Å². The molecule has 0 heterocycles. The van der Waals surface area contributed by atoms with Crippen LogP contribution in [0, 0.1) is 23.3 Å². The van der Waals surface area contributed by atoms with Crippen molar-refractivity contribution in [3.8, 4) is 28.0 Å². The van der Waals surface area contributed by atoms with Crippen molar-refractivity contribution in [1.82, 2.24) is 0 Å². The Morgan fingerprint density at radius 1 is 0.615 bits per heavy atom. The first-order valence-corrected chi connectivity index (χ1v) is 13.2. The monoisotopic (exact) mass is 534 g/mol. The van der Waals surface area contributed by atoms with Crippen molar-refractivity contribution in [1.29, 1.82) is 0 Å². The molecule has 6 heteroatoms. The Morgan fingerprint density at radius 3 is 1.77 bits per heavy atom. The van der Waals surface area contributed by atoms with Gasteiger partial charge in [-0.05, 0) is 59.7 Å². The highest BCUT2D eigenvalue weighted by atomic mass is 19.2. The van der Waals surface area contributed by atoms with Crippen LogP contribution in [0.1, 0.15) is 61.0 Å². The van der Waals surface area contributed by atoms with Crippen LogP contribution in [0.15, 0.2) is 72.8 Å². The molecule has 0 aliphatic carbocycles. The van der Waals surface area contributed by atoms with Crippen LogP contribution in [0.3, 0.4) is 0 Å². The number of carbonyl (C=O) groups is 1. The molecular formula is C33H30F4O2. The second-order valence-corrected chi connectivity index (χ2v) is 9.51. The number of hydrogen-bond donors (Lipinski definition) is 0. The van der Waals surface area contributed by atoms with E-state index >= 15 is 8.78 Å². The van der Waals surface area contributed by atoms with Gasteiger partial charge in [-0.15, -0.1) is 0 Å². The molecule has 0 saturated heterocycles. The van der Waals surface area contributed by atoms with Crippen molar-refractivity contribution in [2.45, 2.75) is 52.4 Å². The lowest BCUT2D eigenvalue weighted by Crippen LogP contribution is -2.10. The zero-order valence-corrected chi connectivity index (χ0v) is 22.0. The molecule has 0 N–H and O–H groups in total. The molecule has 0 atom stereocenters. The van der Waals surface area contributed by atoms with E-state index in [9.17, 15) is 13.6 Å². The molecule has 0 bridgehead atoms. The third-order valence-corrected chi connectivity index (χ3v) is 6.70. The van der Waals surface area contributed by atoms with Crippen LogP contribution < -0.4 is 4.74 Å². The summed E-state index contributed by atoms with van der Waals surface area (Å²) in [6.45, 7) is 4.09. The van der Waals surface area contributed by atoms with Gasteiger partial charge in [0.15, 0.2) is 23.2 Å². The molecular weight excluding hydrogens is 504 g/mol. The lowest BCUT2D eigenvalue weighted by Gasteiger charge is -2.11. The van der Waals surface area contributed by atoms with E-state index < -0.39 is 35.0 Å². The first-order valence-electron chi connectivity index (χ1n) is 13.2. The highest BCUT2D eigenvalue weighted by Gasteiger charge is 2.19. The van der Waals surface area contributed by atoms with E-state index in [1.807, 2.05) is 19.1 Å². The quantitative estimate of drug-likeness (QED) is 0.0877. The molecule has 0 radical (unpaired) electrons. The van der Waals surface area contributed by atoms with E-state index in [-0.39, 0.29) is 22.3 Å². The maximum absolute atomic E-state index is 15.0. The zero-order chi connectivity index (χ0) is 27.9. The third-order valence-electron chi connectivity index (χ3n) is 6.70. The summed E-state index contributed by atoms with van der Waals surface area (Å²) in [5.74, 6) is -5.61. The highest BCUT2D eigenvalue weighted by molar-refractivity contribution is 5.91. The van der Waals surface area contributed by atoms with Crippen molar-refractivity contribution in [2.24, 2.45) is 0 Å². The lowest BCUT2D eigenvalue weighted by atomic mass is 9.97. The Kier molecular flexibility index (Phi) is 9.18. The molecule has 0 saturated carbocycles. The fraction of sp³-hybridized carbons (Fsp3) is 0.242. The van der Waals surface area contributed by atoms with Gasteiger partial charge in [-0.1, -0.05) is 87.7 Å². The van der Waals surface area contributed by atoms with Gasteiger partial charge in [0, 0.05) is 11.1 Å². The highest BCUT2D eigenvalue weighted by Crippen LogP contribution is 2.32. The minimum Gasteiger partial charge on any atom is -0.420 e. The van der Waals surface area contributed by atoms with E-state index in [1.165, 1.54) is 48.5 Å². The van der Waals surface area contributed by atoms with E-state index in [0.717, 1.165) is 37.7 Å². The van der Waals surface area contributed by atoms with Crippen molar-refractivity contribution in [3.63, 3.8) is 0 Å². The average Bonchev–Trinajstić information content (AvgIpc) is 2.95. The van der Waals surface area contributed by atoms with E-state index in [4.69, 9.17) is 4.74 Å². The van der Waals surface area contributed by atoms with E-state index in [2.05, 4.69) is 6.92 Å². The van der Waals surface area contributed by atoms with Gasteiger partial charge in [0.1, 0.15) is 0 Å². The van der Waals surface area contributed by atoms with Gasteiger partial charge in [-0.25, -0.2) is 18.0 Å². The molecule has 0 aliphatic rings. The van der Waals surface area contributed by atoms with Gasteiger partial charge >= 0.3 is 5.97 Å². The lowest BCUT2D eigenvalue weighted by molar-refractivity contribution is 0.0726. The predicted octanol–water partition coefficient (Wildman–Crippen LogP) is 9.48. The summed E-state index contributed by atoms with van der Waals surface area (Å²) in [6.07, 6.45) is 4.90. The number of benzene rings is 4. The first-order chi connectivity index (χ1) is 18.8. The predicted molar refractivity (Wildman–Crippen MR) is 146 cm³/mol. The van der Waals surface area contributed by atoms with Crippen molar-refractivity contribution in [3.05, 3.63) is 113 Å². The summed E-state index contributed by atoms with van der Waals surface area (Å²) in [6, 6.07) is 18.6. The molecule has 0 amide bonds. The molecule has 202 valence electrons. The summed E-state index contributed by atoms with van der Waals surface area (Å²) < 4.78 is 64.0. The normalized spacial score (nSPS) is 11.0. The number of carbonyl (C=O) groups excluding carboxylic acids is 1. The molecule has 2 nitrogen and oxygen atoms in total. The molecule has 0 aromatic heterocycles. The van der Waals surface area contributed by atoms with Crippen molar-refractivity contribution in [2.75, 3.05) is 0 Å². The van der Waals surface area contributed by atoms with Gasteiger partial charge < -0.3 is 4.74 Å². The topological polar surface area (TPSA) is 26.3 Å². The van der Waals surface area contributed by atoms with Crippen LogP contribution in [0.2, 0.25) is 0 Å². The van der Waals surface area contributed by atoms with Crippen LogP contribution in [0.5, 0.6) is 5.75 Å². The number of rotatable bonds is 10. The summed E-state index contributed by atoms with van der Waals surface area (Å²) in [5.41, 5.74) is 2.53. The number of hydrogen-bond acceptors (Lipinski definition) is 2. The van der Waals surface area contributed by atoms with Gasteiger partial charge in [0.05, 0.1) is 5.56 Å². The molecule has 4 aromatic carbocycles. The molecule has 0 fully saturated rings. The fourth-order valence-electron chi connectivity index (χ4n) is 4.49. The minimum absolute atomic E-state index is 0.0329. The second-order valence-electron chi connectivity index (χ2n) is 9.51. The van der Waals surface area contributed by atoms with Gasteiger partial charge in [-0.3, -0.25) is 0 Å². The number of aryl methyl sites for hydroxylation is 2. The van der Waals surface area contributed by atoms with Crippen LogP contribution >= 0.6 is 0 Å². The molecule has 39 heavy (non-hydrogen) atoms. The Balaban J connectivity index is 1.49. The van der Waals surface area contributed by atoms with Gasteiger partial charge in [-0.2, -0.15) is 4.39 Å².